The number of nitrogens with zero attached hydrogens (tertiary/aromatic N) is 4. The first-order valence-electron chi connectivity index (χ1n) is 6.72. The van der Waals surface area contributed by atoms with Gasteiger partial charge in [-0.1, -0.05) is 19.3 Å². The van der Waals surface area contributed by atoms with E-state index in [1.54, 1.807) is 4.90 Å². The lowest BCUT2D eigenvalue weighted by molar-refractivity contribution is 0.196. The van der Waals surface area contributed by atoms with Gasteiger partial charge in [0.05, 0.1) is 6.61 Å². The van der Waals surface area contributed by atoms with Crippen LogP contribution < -0.4 is 20.9 Å². The minimum atomic E-state index is 0.317. The summed E-state index contributed by atoms with van der Waals surface area (Å²) < 4.78 is 5.69. The van der Waals surface area contributed by atoms with Crippen LogP contribution in [0.15, 0.2) is 0 Å². The summed E-state index contributed by atoms with van der Waals surface area (Å²) >= 11 is 0. The number of anilines is 2. The van der Waals surface area contributed by atoms with Crippen LogP contribution in [-0.2, 0) is 0 Å². The Morgan fingerprint density at radius 3 is 2.58 bits per heavy atom. The molecule has 2 rings (SSSR count). The summed E-state index contributed by atoms with van der Waals surface area (Å²) in [5, 5.41) is 0. The van der Waals surface area contributed by atoms with E-state index in [0.29, 0.717) is 30.4 Å². The SMILES string of the molecule is CN(C)c1nc(NN)nc(OCC2CCCCC2)n1. The molecule has 0 radical (unpaired) electrons. The fraction of sp³-hybridized carbons (Fsp3) is 0.750. The summed E-state index contributed by atoms with van der Waals surface area (Å²) in [5.74, 6) is 6.81. The number of hydrogen-bond acceptors (Lipinski definition) is 7. The fourth-order valence-electron chi connectivity index (χ4n) is 2.22. The van der Waals surface area contributed by atoms with Crippen molar-refractivity contribution in [3.63, 3.8) is 0 Å². The standard InChI is InChI=1S/C12H22N6O/c1-18(2)11-14-10(17-13)15-12(16-11)19-8-9-6-4-3-5-7-9/h9H,3-8,13H2,1-2H3,(H,14,15,16,17). The maximum atomic E-state index is 5.69. The van der Waals surface area contributed by atoms with Gasteiger partial charge in [-0.3, -0.25) is 5.43 Å². The quantitative estimate of drug-likeness (QED) is 0.611. The Labute approximate surface area is 113 Å². The van der Waals surface area contributed by atoms with Crippen LogP contribution >= 0.6 is 0 Å². The van der Waals surface area contributed by atoms with Crippen molar-refractivity contribution in [1.29, 1.82) is 0 Å². The molecule has 19 heavy (non-hydrogen) atoms. The summed E-state index contributed by atoms with van der Waals surface area (Å²) in [5.41, 5.74) is 2.43. The smallest absolute Gasteiger partial charge is 0.323 e. The maximum absolute atomic E-state index is 5.69. The molecule has 0 atom stereocenters. The summed E-state index contributed by atoms with van der Waals surface area (Å²) in [6.45, 7) is 0.668. The monoisotopic (exact) mass is 266 g/mol. The van der Waals surface area contributed by atoms with Crippen LogP contribution in [-0.4, -0.2) is 35.7 Å². The molecule has 7 heteroatoms. The van der Waals surface area contributed by atoms with Crippen LogP contribution in [0.25, 0.3) is 0 Å². The highest BCUT2D eigenvalue weighted by atomic mass is 16.5. The molecule has 0 unspecified atom stereocenters. The van der Waals surface area contributed by atoms with Gasteiger partial charge in [0, 0.05) is 14.1 Å². The predicted octanol–water partition coefficient (Wildman–Crippen LogP) is 1.18. The van der Waals surface area contributed by atoms with Gasteiger partial charge in [-0.2, -0.15) is 15.0 Å². The van der Waals surface area contributed by atoms with Crippen LogP contribution in [0, 0.1) is 5.92 Å². The van der Waals surface area contributed by atoms with E-state index in [4.69, 9.17) is 10.6 Å². The van der Waals surface area contributed by atoms with Gasteiger partial charge in [-0.15, -0.1) is 0 Å². The van der Waals surface area contributed by atoms with Gasteiger partial charge < -0.3 is 9.64 Å². The van der Waals surface area contributed by atoms with Crippen molar-refractivity contribution < 1.29 is 4.74 Å². The van der Waals surface area contributed by atoms with Crippen molar-refractivity contribution in [2.75, 3.05) is 31.0 Å². The molecule has 1 aromatic heterocycles. The van der Waals surface area contributed by atoms with Crippen LogP contribution in [0.4, 0.5) is 11.9 Å². The number of nitrogens with two attached hydrogens (primary N) is 1. The van der Waals surface area contributed by atoms with Gasteiger partial charge in [0.2, 0.25) is 11.9 Å². The number of hydrazine groups is 1. The lowest BCUT2D eigenvalue weighted by atomic mass is 9.90. The van der Waals surface area contributed by atoms with Gasteiger partial charge >= 0.3 is 6.01 Å². The Balaban J connectivity index is 2.00. The molecule has 1 heterocycles. The van der Waals surface area contributed by atoms with E-state index in [-0.39, 0.29) is 0 Å². The molecule has 1 fully saturated rings. The first-order chi connectivity index (χ1) is 9.19. The summed E-state index contributed by atoms with van der Waals surface area (Å²) in [4.78, 5) is 14.3. The minimum Gasteiger partial charge on any atom is -0.463 e. The van der Waals surface area contributed by atoms with E-state index in [0.717, 1.165) is 0 Å². The lowest BCUT2D eigenvalue weighted by Gasteiger charge is -2.21. The molecule has 0 saturated heterocycles. The molecule has 0 spiro atoms. The van der Waals surface area contributed by atoms with Crippen LogP contribution in [0.5, 0.6) is 6.01 Å². The van der Waals surface area contributed by atoms with Crippen molar-refractivity contribution in [2.24, 2.45) is 11.8 Å². The fourth-order valence-corrected chi connectivity index (χ4v) is 2.22. The van der Waals surface area contributed by atoms with E-state index in [2.05, 4.69) is 20.4 Å². The molecule has 0 aromatic carbocycles. The van der Waals surface area contributed by atoms with Crippen LogP contribution in [0.2, 0.25) is 0 Å². The second kappa shape index (κ2) is 6.51. The van der Waals surface area contributed by atoms with Gasteiger partial charge in [0.1, 0.15) is 0 Å². The summed E-state index contributed by atoms with van der Waals surface area (Å²) in [6.07, 6.45) is 6.39. The molecule has 1 aliphatic rings. The summed E-state index contributed by atoms with van der Waals surface area (Å²) in [6, 6.07) is 0.331. The van der Waals surface area contributed by atoms with Gasteiger partial charge in [0.15, 0.2) is 0 Å². The number of ether oxygens (including phenoxy) is 1. The third-order valence-corrected chi connectivity index (χ3v) is 3.31. The first-order valence-corrected chi connectivity index (χ1v) is 6.72. The van der Waals surface area contributed by atoms with Crippen molar-refractivity contribution >= 4 is 11.9 Å². The van der Waals surface area contributed by atoms with Crippen molar-refractivity contribution in [2.45, 2.75) is 32.1 Å². The number of rotatable bonds is 5. The zero-order valence-corrected chi connectivity index (χ0v) is 11.6. The zero-order valence-electron chi connectivity index (χ0n) is 11.6. The molecule has 3 N–H and O–H groups in total. The zero-order chi connectivity index (χ0) is 13.7. The van der Waals surface area contributed by atoms with E-state index < -0.39 is 0 Å². The number of aromatic nitrogens is 3. The summed E-state index contributed by atoms with van der Waals surface area (Å²) in [7, 11) is 3.72. The number of nitrogens with one attached hydrogen (secondary N) is 1. The minimum absolute atomic E-state index is 0.317. The maximum Gasteiger partial charge on any atom is 0.323 e. The number of hydrogen-bond donors (Lipinski definition) is 2. The van der Waals surface area contributed by atoms with Crippen molar-refractivity contribution in [3.05, 3.63) is 0 Å². The highest BCUT2D eigenvalue weighted by Gasteiger charge is 2.15. The molecule has 106 valence electrons. The van der Waals surface area contributed by atoms with E-state index in [1.165, 1.54) is 32.1 Å². The normalized spacial score (nSPS) is 16.2. The Morgan fingerprint density at radius 1 is 1.21 bits per heavy atom. The van der Waals surface area contributed by atoms with Crippen LogP contribution in [0.1, 0.15) is 32.1 Å². The predicted molar refractivity (Wildman–Crippen MR) is 74.0 cm³/mol. The molecule has 0 aliphatic heterocycles. The highest BCUT2D eigenvalue weighted by Crippen LogP contribution is 2.24. The second-order valence-corrected chi connectivity index (χ2v) is 5.10. The third kappa shape index (κ3) is 3.92. The van der Waals surface area contributed by atoms with Crippen molar-refractivity contribution in [1.82, 2.24) is 15.0 Å². The molecule has 1 saturated carbocycles. The molecule has 7 nitrogen and oxygen atoms in total. The third-order valence-electron chi connectivity index (χ3n) is 3.31. The molecule has 0 bridgehead atoms. The topological polar surface area (TPSA) is 89.2 Å². The average molecular weight is 266 g/mol. The van der Waals surface area contributed by atoms with E-state index >= 15 is 0 Å². The first kappa shape index (κ1) is 13.8. The molecule has 0 amide bonds. The lowest BCUT2D eigenvalue weighted by Crippen LogP contribution is -2.20. The second-order valence-electron chi connectivity index (χ2n) is 5.10. The molecule has 1 aliphatic carbocycles. The molecule has 1 aromatic rings. The average Bonchev–Trinajstić information content (AvgIpc) is 2.45. The Kier molecular flexibility index (Phi) is 4.73. The van der Waals surface area contributed by atoms with Gasteiger partial charge in [0.25, 0.3) is 0 Å². The van der Waals surface area contributed by atoms with Crippen molar-refractivity contribution in [3.8, 4) is 6.01 Å². The molecular weight excluding hydrogens is 244 g/mol. The van der Waals surface area contributed by atoms with Gasteiger partial charge in [-0.25, -0.2) is 5.84 Å². The Hall–Kier alpha value is -1.63. The Bertz CT molecular complexity index is 405. The highest BCUT2D eigenvalue weighted by molar-refractivity contribution is 5.35. The van der Waals surface area contributed by atoms with E-state index in [9.17, 15) is 0 Å². The van der Waals surface area contributed by atoms with Gasteiger partial charge in [-0.05, 0) is 18.8 Å². The largest absolute Gasteiger partial charge is 0.463 e. The molecular formula is C12H22N6O. The Morgan fingerprint density at radius 2 is 1.95 bits per heavy atom. The number of nitrogen functional groups attached to an aromatic ring is 1. The van der Waals surface area contributed by atoms with Crippen LogP contribution in [0.3, 0.4) is 0 Å². The van der Waals surface area contributed by atoms with E-state index in [1.807, 2.05) is 14.1 Å².